The number of rotatable bonds is 7. The fraction of sp³-hybridized carbons (Fsp3) is 0.800. The van der Waals surface area contributed by atoms with Crippen molar-refractivity contribution < 1.29 is 14.3 Å². The average molecular weight is 229 g/mol. The van der Waals surface area contributed by atoms with Crippen LogP contribution in [0.5, 0.6) is 0 Å². The Balaban J connectivity index is 1.95. The summed E-state index contributed by atoms with van der Waals surface area (Å²) < 4.78 is 4.91. The molecule has 92 valence electrons. The number of nitrogens with one attached hydrogen (secondary N) is 2. The molecule has 6 heteroatoms. The van der Waals surface area contributed by atoms with Gasteiger partial charge in [0.25, 0.3) is 0 Å². The molecule has 0 spiro atoms. The van der Waals surface area contributed by atoms with Crippen molar-refractivity contribution in [3.05, 3.63) is 0 Å². The minimum atomic E-state index is -0.499. The first-order valence-electron chi connectivity index (χ1n) is 5.54. The number of nitrogens with two attached hydrogens (primary N) is 1. The summed E-state index contributed by atoms with van der Waals surface area (Å²) in [4.78, 5) is 21.7. The van der Waals surface area contributed by atoms with Gasteiger partial charge in [0.15, 0.2) is 0 Å². The molecule has 4 N–H and O–H groups in total. The molecule has 0 bridgehead atoms. The maximum Gasteiger partial charge on any atom is 0.243 e. The largest absolute Gasteiger partial charge is 0.370 e. The van der Waals surface area contributed by atoms with Crippen molar-refractivity contribution in [2.24, 2.45) is 5.73 Å². The fourth-order valence-corrected chi connectivity index (χ4v) is 1.66. The lowest BCUT2D eigenvalue weighted by Gasteiger charge is -2.10. The molecule has 1 saturated heterocycles. The van der Waals surface area contributed by atoms with Crippen molar-refractivity contribution in [2.45, 2.75) is 25.3 Å². The molecule has 1 atom stereocenters. The molecule has 1 aliphatic heterocycles. The minimum absolute atomic E-state index is 0.0158. The molecule has 16 heavy (non-hydrogen) atoms. The van der Waals surface area contributed by atoms with Crippen molar-refractivity contribution >= 4 is 11.8 Å². The Morgan fingerprint density at radius 3 is 2.94 bits per heavy atom. The zero-order valence-electron chi connectivity index (χ0n) is 9.33. The van der Waals surface area contributed by atoms with Gasteiger partial charge in [-0.3, -0.25) is 9.59 Å². The molecule has 0 aromatic heterocycles. The van der Waals surface area contributed by atoms with E-state index in [2.05, 4.69) is 10.6 Å². The van der Waals surface area contributed by atoms with E-state index >= 15 is 0 Å². The molecule has 0 radical (unpaired) electrons. The normalized spacial score (nSPS) is 19.6. The average Bonchev–Trinajstić information content (AvgIpc) is 2.69. The number of hydrogen-bond donors (Lipinski definition) is 3. The van der Waals surface area contributed by atoms with Crippen molar-refractivity contribution in [3.63, 3.8) is 0 Å². The lowest BCUT2D eigenvalue weighted by atomic mass is 10.1. The highest BCUT2D eigenvalue weighted by Gasteiger charge is 2.16. The van der Waals surface area contributed by atoms with Gasteiger partial charge in [-0.05, 0) is 19.4 Å². The van der Waals surface area contributed by atoms with Crippen LogP contribution in [0.15, 0.2) is 0 Å². The molecule has 2 amide bonds. The molecule has 0 aliphatic carbocycles. The van der Waals surface area contributed by atoms with Crippen molar-refractivity contribution in [2.75, 3.05) is 26.3 Å². The van der Waals surface area contributed by atoms with Crippen LogP contribution in [-0.4, -0.2) is 44.2 Å². The Labute approximate surface area is 94.9 Å². The minimum Gasteiger partial charge on any atom is -0.370 e. The quantitative estimate of drug-likeness (QED) is 0.475. The highest BCUT2D eigenvalue weighted by molar-refractivity contribution is 5.76. The maximum atomic E-state index is 11.4. The van der Waals surface area contributed by atoms with E-state index in [1.54, 1.807) is 0 Å². The summed E-state index contributed by atoms with van der Waals surface area (Å²) in [6.45, 7) is 1.63. The first-order valence-corrected chi connectivity index (χ1v) is 5.54. The maximum absolute atomic E-state index is 11.4. The van der Waals surface area contributed by atoms with E-state index in [0.29, 0.717) is 25.6 Å². The molecule has 1 unspecified atom stereocenters. The van der Waals surface area contributed by atoms with Crippen molar-refractivity contribution in [3.8, 4) is 0 Å². The summed E-state index contributed by atoms with van der Waals surface area (Å²) in [5.74, 6) is -0.483. The standard InChI is InChI=1S/C10H19N3O3/c11-9(14)7-16-5-4-13-10(15)6-8-2-1-3-12-8/h8,12H,1-7H2,(H2,11,14)(H,13,15). The second-order valence-corrected chi connectivity index (χ2v) is 3.87. The Hall–Kier alpha value is -1.14. The molecular weight excluding hydrogens is 210 g/mol. The van der Waals surface area contributed by atoms with Crippen LogP contribution < -0.4 is 16.4 Å². The van der Waals surface area contributed by atoms with E-state index in [1.165, 1.54) is 0 Å². The predicted octanol–water partition coefficient (Wildman–Crippen LogP) is -1.25. The highest BCUT2D eigenvalue weighted by atomic mass is 16.5. The topological polar surface area (TPSA) is 93.5 Å². The highest BCUT2D eigenvalue weighted by Crippen LogP contribution is 2.07. The molecule has 1 rings (SSSR count). The summed E-state index contributed by atoms with van der Waals surface area (Å²) in [6, 6.07) is 0.312. The zero-order valence-corrected chi connectivity index (χ0v) is 9.33. The molecule has 1 aliphatic rings. The summed E-state index contributed by atoms with van der Waals surface area (Å²) >= 11 is 0. The van der Waals surface area contributed by atoms with Gasteiger partial charge in [-0.25, -0.2) is 0 Å². The van der Waals surface area contributed by atoms with Crippen LogP contribution in [-0.2, 0) is 14.3 Å². The lowest BCUT2D eigenvalue weighted by molar-refractivity contribution is -0.122. The van der Waals surface area contributed by atoms with E-state index in [1.807, 2.05) is 0 Å². The van der Waals surface area contributed by atoms with Crippen molar-refractivity contribution in [1.29, 1.82) is 0 Å². The Kier molecular flexibility index (Phi) is 5.81. The van der Waals surface area contributed by atoms with Gasteiger partial charge in [0.2, 0.25) is 11.8 Å². The van der Waals surface area contributed by atoms with Crippen LogP contribution in [0.25, 0.3) is 0 Å². The van der Waals surface area contributed by atoms with Gasteiger partial charge in [-0.2, -0.15) is 0 Å². The summed E-state index contributed by atoms with van der Waals surface area (Å²) in [5, 5.41) is 5.98. The van der Waals surface area contributed by atoms with Gasteiger partial charge in [-0.1, -0.05) is 0 Å². The summed E-state index contributed by atoms with van der Waals surface area (Å²) in [6.07, 6.45) is 2.71. The molecular formula is C10H19N3O3. The second kappa shape index (κ2) is 7.19. The van der Waals surface area contributed by atoms with Gasteiger partial charge in [0.05, 0.1) is 6.61 Å². The van der Waals surface area contributed by atoms with E-state index in [-0.39, 0.29) is 12.5 Å². The van der Waals surface area contributed by atoms with Crippen LogP contribution in [0.2, 0.25) is 0 Å². The van der Waals surface area contributed by atoms with E-state index in [0.717, 1.165) is 19.4 Å². The van der Waals surface area contributed by atoms with Gasteiger partial charge < -0.3 is 21.1 Å². The van der Waals surface area contributed by atoms with Crippen LogP contribution in [0, 0.1) is 0 Å². The van der Waals surface area contributed by atoms with Crippen LogP contribution in [0.1, 0.15) is 19.3 Å². The first-order chi connectivity index (χ1) is 7.68. The number of ether oxygens (including phenoxy) is 1. The van der Waals surface area contributed by atoms with E-state index in [9.17, 15) is 9.59 Å². The number of hydrogen-bond acceptors (Lipinski definition) is 4. The third-order valence-electron chi connectivity index (χ3n) is 2.41. The monoisotopic (exact) mass is 229 g/mol. The first kappa shape index (κ1) is 12.9. The molecule has 0 saturated carbocycles. The number of carbonyl (C=O) groups excluding carboxylic acids is 2. The zero-order chi connectivity index (χ0) is 11.8. The van der Waals surface area contributed by atoms with Gasteiger partial charge in [0, 0.05) is 19.0 Å². The van der Waals surface area contributed by atoms with Gasteiger partial charge in [0.1, 0.15) is 6.61 Å². The second-order valence-electron chi connectivity index (χ2n) is 3.87. The Morgan fingerprint density at radius 1 is 1.50 bits per heavy atom. The molecule has 6 nitrogen and oxygen atoms in total. The van der Waals surface area contributed by atoms with Gasteiger partial charge in [-0.15, -0.1) is 0 Å². The third kappa shape index (κ3) is 5.67. The van der Waals surface area contributed by atoms with Crippen LogP contribution >= 0.6 is 0 Å². The number of amides is 2. The van der Waals surface area contributed by atoms with E-state index in [4.69, 9.17) is 10.5 Å². The molecule has 1 fully saturated rings. The Bertz CT molecular complexity index is 239. The fourth-order valence-electron chi connectivity index (χ4n) is 1.66. The predicted molar refractivity (Wildman–Crippen MR) is 58.7 cm³/mol. The smallest absolute Gasteiger partial charge is 0.243 e. The molecule has 1 heterocycles. The third-order valence-corrected chi connectivity index (χ3v) is 2.41. The van der Waals surface area contributed by atoms with Crippen LogP contribution in [0.3, 0.4) is 0 Å². The summed E-state index contributed by atoms with van der Waals surface area (Å²) in [7, 11) is 0. The lowest BCUT2D eigenvalue weighted by Crippen LogP contribution is -2.34. The SMILES string of the molecule is NC(=O)COCCNC(=O)CC1CCCN1. The molecule has 0 aromatic rings. The van der Waals surface area contributed by atoms with Crippen molar-refractivity contribution in [1.82, 2.24) is 10.6 Å². The van der Waals surface area contributed by atoms with E-state index < -0.39 is 5.91 Å². The molecule has 0 aromatic carbocycles. The summed E-state index contributed by atoms with van der Waals surface area (Å²) in [5.41, 5.74) is 4.88. The van der Waals surface area contributed by atoms with Crippen LogP contribution in [0.4, 0.5) is 0 Å². The number of carbonyl (C=O) groups is 2. The Morgan fingerprint density at radius 2 is 2.31 bits per heavy atom. The number of primary amides is 1. The van der Waals surface area contributed by atoms with Gasteiger partial charge >= 0.3 is 0 Å².